The van der Waals surface area contributed by atoms with Crippen molar-refractivity contribution in [3.05, 3.63) is 30.1 Å². The van der Waals surface area contributed by atoms with Crippen LogP contribution in [0.2, 0.25) is 0 Å². The SMILES string of the molecule is c1ccc2[nH]c(CNCC3CCCCN3)nc2c1. The van der Waals surface area contributed by atoms with Crippen LogP contribution in [-0.2, 0) is 6.54 Å². The first-order chi connectivity index (χ1) is 8.92. The topological polar surface area (TPSA) is 52.7 Å². The highest BCUT2D eigenvalue weighted by molar-refractivity contribution is 5.74. The number of benzene rings is 1. The van der Waals surface area contributed by atoms with Gasteiger partial charge >= 0.3 is 0 Å². The third kappa shape index (κ3) is 2.71. The number of nitrogens with one attached hydrogen (secondary N) is 3. The number of fused-ring (bicyclic) bond motifs is 1. The first-order valence-electron chi connectivity index (χ1n) is 6.79. The van der Waals surface area contributed by atoms with Gasteiger partial charge in [0, 0.05) is 12.6 Å². The van der Waals surface area contributed by atoms with Gasteiger partial charge in [0.25, 0.3) is 0 Å². The normalized spacial score (nSPS) is 20.3. The maximum Gasteiger partial charge on any atom is 0.121 e. The van der Waals surface area contributed by atoms with Gasteiger partial charge in [0.1, 0.15) is 5.82 Å². The van der Waals surface area contributed by atoms with Gasteiger partial charge in [0.2, 0.25) is 0 Å². The van der Waals surface area contributed by atoms with Crippen molar-refractivity contribution < 1.29 is 0 Å². The van der Waals surface area contributed by atoms with Crippen LogP contribution in [0.5, 0.6) is 0 Å². The molecule has 0 spiro atoms. The summed E-state index contributed by atoms with van der Waals surface area (Å²) in [5, 5.41) is 7.01. The Balaban J connectivity index is 1.53. The third-order valence-corrected chi connectivity index (χ3v) is 3.53. The molecule has 2 heterocycles. The van der Waals surface area contributed by atoms with Gasteiger partial charge in [-0.05, 0) is 31.5 Å². The first-order valence-corrected chi connectivity index (χ1v) is 6.79. The van der Waals surface area contributed by atoms with Gasteiger partial charge in [0.05, 0.1) is 17.6 Å². The molecule has 1 atom stereocenters. The summed E-state index contributed by atoms with van der Waals surface area (Å²) in [4.78, 5) is 7.90. The Kier molecular flexibility index (Phi) is 3.57. The molecule has 1 aliphatic rings. The lowest BCUT2D eigenvalue weighted by Crippen LogP contribution is -2.41. The van der Waals surface area contributed by atoms with E-state index in [1.807, 2.05) is 18.2 Å². The monoisotopic (exact) mass is 244 g/mol. The van der Waals surface area contributed by atoms with Crippen molar-refractivity contribution in [2.75, 3.05) is 13.1 Å². The molecule has 4 heteroatoms. The summed E-state index contributed by atoms with van der Waals surface area (Å²) in [6.07, 6.45) is 3.96. The Morgan fingerprint density at radius 2 is 2.22 bits per heavy atom. The van der Waals surface area contributed by atoms with Gasteiger partial charge in [-0.25, -0.2) is 4.98 Å². The van der Waals surface area contributed by atoms with Crippen LogP contribution >= 0.6 is 0 Å². The Labute approximate surface area is 107 Å². The van der Waals surface area contributed by atoms with Crippen LogP contribution in [-0.4, -0.2) is 29.1 Å². The van der Waals surface area contributed by atoms with E-state index in [2.05, 4.69) is 26.7 Å². The first kappa shape index (κ1) is 11.7. The molecular formula is C14H20N4. The van der Waals surface area contributed by atoms with Crippen LogP contribution in [0.1, 0.15) is 25.1 Å². The number of hydrogen-bond donors (Lipinski definition) is 3. The van der Waals surface area contributed by atoms with Crippen LogP contribution in [0.3, 0.4) is 0 Å². The largest absolute Gasteiger partial charge is 0.341 e. The van der Waals surface area contributed by atoms with E-state index >= 15 is 0 Å². The van der Waals surface area contributed by atoms with E-state index in [0.717, 1.165) is 36.5 Å². The van der Waals surface area contributed by atoms with Crippen LogP contribution in [0.4, 0.5) is 0 Å². The Bertz CT molecular complexity index is 466. The van der Waals surface area contributed by atoms with Crippen LogP contribution in [0.15, 0.2) is 24.3 Å². The van der Waals surface area contributed by atoms with Gasteiger partial charge in [-0.15, -0.1) is 0 Å². The molecule has 0 aliphatic carbocycles. The van der Waals surface area contributed by atoms with E-state index in [1.165, 1.54) is 19.3 Å². The molecule has 0 radical (unpaired) electrons. The molecule has 2 aromatic rings. The minimum atomic E-state index is 0.628. The molecule has 3 N–H and O–H groups in total. The highest BCUT2D eigenvalue weighted by Gasteiger charge is 2.11. The molecule has 0 saturated carbocycles. The fourth-order valence-corrected chi connectivity index (χ4v) is 2.55. The van der Waals surface area contributed by atoms with Gasteiger partial charge in [-0.3, -0.25) is 0 Å². The minimum Gasteiger partial charge on any atom is -0.341 e. The Morgan fingerprint density at radius 1 is 1.28 bits per heavy atom. The lowest BCUT2D eigenvalue weighted by Gasteiger charge is -2.23. The van der Waals surface area contributed by atoms with E-state index in [4.69, 9.17) is 0 Å². The molecule has 1 saturated heterocycles. The highest BCUT2D eigenvalue weighted by Crippen LogP contribution is 2.10. The number of piperidine rings is 1. The standard InChI is InChI=1S/C14H20N4/c1-2-7-13-12(6-1)17-14(18-13)10-15-9-11-5-3-4-8-16-11/h1-2,6-7,11,15-16H,3-5,8-10H2,(H,17,18). The van der Waals surface area contributed by atoms with Crippen LogP contribution in [0.25, 0.3) is 11.0 Å². The second kappa shape index (κ2) is 5.50. The van der Waals surface area contributed by atoms with Crippen molar-refractivity contribution in [3.63, 3.8) is 0 Å². The molecule has 0 bridgehead atoms. The molecule has 0 amide bonds. The number of nitrogens with zero attached hydrogens (tertiary/aromatic N) is 1. The molecule has 1 aromatic heterocycles. The summed E-state index contributed by atoms with van der Waals surface area (Å²) in [5.41, 5.74) is 2.16. The van der Waals surface area contributed by atoms with Crippen molar-refractivity contribution in [1.82, 2.24) is 20.6 Å². The minimum absolute atomic E-state index is 0.628. The number of para-hydroxylation sites is 2. The summed E-state index contributed by atoms with van der Waals surface area (Å²) in [5.74, 6) is 1.02. The molecule has 1 fully saturated rings. The average molecular weight is 244 g/mol. The highest BCUT2D eigenvalue weighted by atomic mass is 15.0. The van der Waals surface area contributed by atoms with Crippen molar-refractivity contribution in [1.29, 1.82) is 0 Å². The molecule has 96 valence electrons. The number of aromatic nitrogens is 2. The van der Waals surface area contributed by atoms with E-state index in [0.29, 0.717) is 6.04 Å². The van der Waals surface area contributed by atoms with Crippen molar-refractivity contribution in [2.45, 2.75) is 31.8 Å². The zero-order valence-electron chi connectivity index (χ0n) is 10.6. The number of aromatic amines is 1. The molecule has 1 aromatic carbocycles. The summed E-state index contributed by atoms with van der Waals surface area (Å²) >= 11 is 0. The van der Waals surface area contributed by atoms with Crippen molar-refractivity contribution >= 4 is 11.0 Å². The average Bonchev–Trinajstić information content (AvgIpc) is 2.82. The van der Waals surface area contributed by atoms with Crippen LogP contribution in [0, 0.1) is 0 Å². The quantitative estimate of drug-likeness (QED) is 0.768. The summed E-state index contributed by atoms with van der Waals surface area (Å²) < 4.78 is 0. The molecular weight excluding hydrogens is 224 g/mol. The molecule has 3 rings (SSSR count). The Morgan fingerprint density at radius 3 is 3.06 bits per heavy atom. The van der Waals surface area contributed by atoms with E-state index < -0.39 is 0 Å². The smallest absolute Gasteiger partial charge is 0.121 e. The number of rotatable bonds is 4. The number of hydrogen-bond acceptors (Lipinski definition) is 3. The maximum absolute atomic E-state index is 4.56. The molecule has 18 heavy (non-hydrogen) atoms. The van der Waals surface area contributed by atoms with Crippen LogP contribution < -0.4 is 10.6 Å². The molecule has 1 aliphatic heterocycles. The molecule has 1 unspecified atom stereocenters. The van der Waals surface area contributed by atoms with E-state index in [1.54, 1.807) is 0 Å². The zero-order valence-corrected chi connectivity index (χ0v) is 10.6. The fraction of sp³-hybridized carbons (Fsp3) is 0.500. The number of H-pyrrole nitrogens is 1. The predicted octanol–water partition coefficient (Wildman–Crippen LogP) is 1.79. The fourth-order valence-electron chi connectivity index (χ4n) is 2.55. The van der Waals surface area contributed by atoms with E-state index in [-0.39, 0.29) is 0 Å². The van der Waals surface area contributed by atoms with Gasteiger partial charge in [0.15, 0.2) is 0 Å². The van der Waals surface area contributed by atoms with E-state index in [9.17, 15) is 0 Å². The lowest BCUT2D eigenvalue weighted by atomic mass is 10.1. The maximum atomic E-state index is 4.56. The summed E-state index contributed by atoms with van der Waals surface area (Å²) in [6.45, 7) is 3.00. The second-order valence-electron chi connectivity index (χ2n) is 4.98. The van der Waals surface area contributed by atoms with Gasteiger partial charge < -0.3 is 15.6 Å². The Hall–Kier alpha value is -1.39. The molecule has 4 nitrogen and oxygen atoms in total. The zero-order chi connectivity index (χ0) is 12.2. The lowest BCUT2D eigenvalue weighted by molar-refractivity contribution is 0.382. The predicted molar refractivity (Wildman–Crippen MR) is 73.4 cm³/mol. The second-order valence-corrected chi connectivity index (χ2v) is 4.98. The van der Waals surface area contributed by atoms with Gasteiger partial charge in [-0.2, -0.15) is 0 Å². The third-order valence-electron chi connectivity index (χ3n) is 3.53. The van der Waals surface area contributed by atoms with Gasteiger partial charge in [-0.1, -0.05) is 18.6 Å². The summed E-state index contributed by atoms with van der Waals surface area (Å²) in [7, 11) is 0. The number of imidazole rings is 1. The summed E-state index contributed by atoms with van der Waals surface area (Å²) in [6, 6.07) is 8.78. The van der Waals surface area contributed by atoms with Crippen molar-refractivity contribution in [2.24, 2.45) is 0 Å². The van der Waals surface area contributed by atoms with Crippen molar-refractivity contribution in [3.8, 4) is 0 Å².